The lowest BCUT2D eigenvalue weighted by Crippen LogP contribution is -1.90. The second-order valence-electron chi connectivity index (χ2n) is 3.75. The standard InChI is InChI=1S/C15H13NO2S/c1-18-14-9-7-12(8-10-14)11-16-19-15(17)13-5-3-2-4-6-13/h2-11H,1H3/b16-11+. The van der Waals surface area contributed by atoms with E-state index in [1.807, 2.05) is 42.5 Å². The molecule has 0 N–H and O–H groups in total. The molecule has 0 aliphatic rings. The van der Waals surface area contributed by atoms with Crippen molar-refractivity contribution >= 4 is 23.3 Å². The first-order valence-corrected chi connectivity index (χ1v) is 6.51. The predicted molar refractivity (Wildman–Crippen MR) is 79.0 cm³/mol. The maximum Gasteiger partial charge on any atom is 0.241 e. The fraction of sp³-hybridized carbons (Fsp3) is 0.0667. The van der Waals surface area contributed by atoms with E-state index in [0.717, 1.165) is 23.3 Å². The maximum absolute atomic E-state index is 11.8. The normalized spacial score (nSPS) is 10.6. The van der Waals surface area contributed by atoms with E-state index in [-0.39, 0.29) is 5.12 Å². The third-order valence-electron chi connectivity index (χ3n) is 2.46. The molecule has 0 bridgehead atoms. The number of ether oxygens (including phenoxy) is 1. The fourth-order valence-corrected chi connectivity index (χ4v) is 1.96. The molecule has 3 nitrogen and oxygen atoms in total. The van der Waals surface area contributed by atoms with Gasteiger partial charge in [0.25, 0.3) is 0 Å². The summed E-state index contributed by atoms with van der Waals surface area (Å²) in [6.45, 7) is 0. The average molecular weight is 271 g/mol. The molecule has 4 heteroatoms. The van der Waals surface area contributed by atoms with E-state index in [4.69, 9.17) is 4.74 Å². The van der Waals surface area contributed by atoms with Crippen molar-refractivity contribution in [1.29, 1.82) is 0 Å². The van der Waals surface area contributed by atoms with Crippen LogP contribution in [-0.2, 0) is 0 Å². The highest BCUT2D eigenvalue weighted by molar-refractivity contribution is 8.13. The lowest BCUT2D eigenvalue weighted by molar-refractivity contribution is 0.108. The van der Waals surface area contributed by atoms with Gasteiger partial charge in [-0.25, -0.2) is 4.40 Å². The molecule has 0 fully saturated rings. The lowest BCUT2D eigenvalue weighted by atomic mass is 10.2. The zero-order valence-electron chi connectivity index (χ0n) is 10.4. The molecule has 0 saturated carbocycles. The molecule has 0 atom stereocenters. The fourth-order valence-electron chi connectivity index (χ4n) is 1.45. The Kier molecular flexibility index (Phi) is 4.75. The van der Waals surface area contributed by atoms with Gasteiger partial charge in [0.15, 0.2) is 0 Å². The molecule has 0 aliphatic heterocycles. The highest BCUT2D eigenvalue weighted by atomic mass is 32.2. The number of hydrogen-bond acceptors (Lipinski definition) is 4. The van der Waals surface area contributed by atoms with Crippen LogP contribution >= 0.6 is 11.9 Å². The topological polar surface area (TPSA) is 38.7 Å². The van der Waals surface area contributed by atoms with Crippen molar-refractivity contribution in [2.75, 3.05) is 7.11 Å². The van der Waals surface area contributed by atoms with Gasteiger partial charge in [0.1, 0.15) is 5.75 Å². The SMILES string of the molecule is COc1ccc(/C=N/SC(=O)c2ccccc2)cc1. The first kappa shape index (κ1) is 13.4. The molecular weight excluding hydrogens is 258 g/mol. The molecule has 0 heterocycles. The summed E-state index contributed by atoms with van der Waals surface area (Å²) < 4.78 is 9.14. The summed E-state index contributed by atoms with van der Waals surface area (Å²) in [5, 5.41) is -0.0645. The van der Waals surface area contributed by atoms with E-state index in [0.29, 0.717) is 5.56 Å². The molecule has 19 heavy (non-hydrogen) atoms. The van der Waals surface area contributed by atoms with Crippen LogP contribution in [0.25, 0.3) is 0 Å². The minimum absolute atomic E-state index is 0.0645. The molecule has 2 aromatic carbocycles. The van der Waals surface area contributed by atoms with Gasteiger partial charge < -0.3 is 4.74 Å². The molecule has 0 amide bonds. The van der Waals surface area contributed by atoms with Crippen molar-refractivity contribution < 1.29 is 9.53 Å². The van der Waals surface area contributed by atoms with Crippen LogP contribution in [0.4, 0.5) is 0 Å². The molecule has 0 spiro atoms. The highest BCUT2D eigenvalue weighted by Gasteiger charge is 2.03. The monoisotopic (exact) mass is 271 g/mol. The van der Waals surface area contributed by atoms with E-state index in [9.17, 15) is 4.79 Å². The Balaban J connectivity index is 1.94. The molecule has 2 rings (SSSR count). The van der Waals surface area contributed by atoms with Crippen molar-refractivity contribution in [2.45, 2.75) is 0 Å². The van der Waals surface area contributed by atoms with Crippen LogP contribution in [0.5, 0.6) is 5.75 Å². The van der Waals surface area contributed by atoms with Gasteiger partial charge in [0.2, 0.25) is 5.12 Å². The number of carbonyl (C=O) groups is 1. The number of carbonyl (C=O) groups excluding carboxylic acids is 1. The first-order valence-electron chi connectivity index (χ1n) is 5.73. The first-order chi connectivity index (χ1) is 9.29. The Hall–Kier alpha value is -2.07. The molecule has 2 aromatic rings. The van der Waals surface area contributed by atoms with Crippen molar-refractivity contribution in [2.24, 2.45) is 4.40 Å². The van der Waals surface area contributed by atoms with Crippen LogP contribution in [0.15, 0.2) is 59.0 Å². The van der Waals surface area contributed by atoms with Gasteiger partial charge in [-0.15, -0.1) is 0 Å². The van der Waals surface area contributed by atoms with Gasteiger partial charge >= 0.3 is 0 Å². The number of nitrogens with zero attached hydrogens (tertiary/aromatic N) is 1. The second kappa shape index (κ2) is 6.75. The quantitative estimate of drug-likeness (QED) is 0.630. The molecule has 0 aliphatic carbocycles. The minimum atomic E-state index is -0.0645. The van der Waals surface area contributed by atoms with Crippen molar-refractivity contribution in [3.8, 4) is 5.75 Å². The zero-order valence-corrected chi connectivity index (χ0v) is 11.3. The predicted octanol–water partition coefficient (Wildman–Crippen LogP) is 3.60. The second-order valence-corrected chi connectivity index (χ2v) is 4.52. The van der Waals surface area contributed by atoms with E-state index in [1.54, 1.807) is 25.5 Å². The molecule has 0 unspecified atom stereocenters. The van der Waals surface area contributed by atoms with Gasteiger partial charge in [0, 0.05) is 11.8 Å². The minimum Gasteiger partial charge on any atom is -0.497 e. The Morgan fingerprint density at radius 3 is 2.42 bits per heavy atom. The molecular formula is C15H13NO2S. The Morgan fingerprint density at radius 2 is 1.79 bits per heavy atom. The Bertz CT molecular complexity index is 564. The number of benzene rings is 2. The van der Waals surface area contributed by atoms with Crippen molar-refractivity contribution in [3.05, 3.63) is 65.7 Å². The summed E-state index contributed by atoms with van der Waals surface area (Å²) in [7, 11) is 1.62. The van der Waals surface area contributed by atoms with E-state index in [2.05, 4.69) is 4.40 Å². The van der Waals surface area contributed by atoms with Crippen LogP contribution in [0.3, 0.4) is 0 Å². The van der Waals surface area contributed by atoms with Crippen LogP contribution in [0.2, 0.25) is 0 Å². The van der Waals surface area contributed by atoms with Gasteiger partial charge in [-0.2, -0.15) is 0 Å². The molecule has 0 saturated heterocycles. The van der Waals surface area contributed by atoms with Gasteiger partial charge in [-0.05, 0) is 29.8 Å². The lowest BCUT2D eigenvalue weighted by Gasteiger charge is -1.98. The third-order valence-corrected chi connectivity index (χ3v) is 3.08. The van der Waals surface area contributed by atoms with E-state index in [1.165, 1.54) is 0 Å². The number of rotatable bonds is 4. The largest absolute Gasteiger partial charge is 0.497 e. The van der Waals surface area contributed by atoms with Gasteiger partial charge in [-0.3, -0.25) is 4.79 Å². The van der Waals surface area contributed by atoms with Crippen molar-refractivity contribution in [3.63, 3.8) is 0 Å². The highest BCUT2D eigenvalue weighted by Crippen LogP contribution is 2.14. The Labute approximate surface area is 116 Å². The summed E-state index contributed by atoms with van der Waals surface area (Å²) >= 11 is 0.934. The summed E-state index contributed by atoms with van der Waals surface area (Å²) in [4.78, 5) is 11.8. The summed E-state index contributed by atoms with van der Waals surface area (Å²) in [6.07, 6.45) is 1.66. The molecule has 0 radical (unpaired) electrons. The van der Waals surface area contributed by atoms with Gasteiger partial charge in [-0.1, -0.05) is 30.3 Å². The number of hydrogen-bond donors (Lipinski definition) is 0. The van der Waals surface area contributed by atoms with Crippen LogP contribution in [0, 0.1) is 0 Å². The zero-order chi connectivity index (χ0) is 13.5. The average Bonchev–Trinajstić information content (AvgIpc) is 2.49. The summed E-state index contributed by atoms with van der Waals surface area (Å²) in [5.41, 5.74) is 1.58. The van der Waals surface area contributed by atoms with Crippen LogP contribution in [0.1, 0.15) is 15.9 Å². The van der Waals surface area contributed by atoms with Crippen LogP contribution < -0.4 is 4.74 Å². The summed E-state index contributed by atoms with van der Waals surface area (Å²) in [6, 6.07) is 16.6. The maximum atomic E-state index is 11.8. The van der Waals surface area contributed by atoms with E-state index >= 15 is 0 Å². The molecule has 96 valence electrons. The van der Waals surface area contributed by atoms with E-state index < -0.39 is 0 Å². The van der Waals surface area contributed by atoms with Gasteiger partial charge in [0.05, 0.1) is 19.1 Å². The smallest absolute Gasteiger partial charge is 0.241 e. The number of methoxy groups -OCH3 is 1. The van der Waals surface area contributed by atoms with Crippen molar-refractivity contribution in [1.82, 2.24) is 0 Å². The van der Waals surface area contributed by atoms with Crippen LogP contribution in [-0.4, -0.2) is 18.4 Å². The molecule has 0 aromatic heterocycles. The Morgan fingerprint density at radius 1 is 1.11 bits per heavy atom. The summed E-state index contributed by atoms with van der Waals surface area (Å²) in [5.74, 6) is 0.796. The third kappa shape index (κ3) is 3.96.